The van der Waals surface area contributed by atoms with Crippen molar-refractivity contribution >= 4 is 21.9 Å². The molecule has 1 aromatic heterocycles. The van der Waals surface area contributed by atoms with E-state index < -0.39 is 32.5 Å². The number of hydrogen-bond donors (Lipinski definition) is 1. The van der Waals surface area contributed by atoms with Gasteiger partial charge in [0.2, 0.25) is 5.95 Å². The van der Waals surface area contributed by atoms with Gasteiger partial charge in [-0.25, -0.2) is 18.4 Å². The van der Waals surface area contributed by atoms with E-state index in [1.165, 1.54) is 18.4 Å². The number of rotatable bonds is 6. The predicted octanol–water partition coefficient (Wildman–Crippen LogP) is 3.04. The first-order valence-corrected chi connectivity index (χ1v) is 12.0. The number of sulfonamides is 1. The number of aliphatic carboxylic acids is 1. The molecule has 1 N–H and O–H groups in total. The fourth-order valence-corrected chi connectivity index (χ4v) is 5.76. The highest BCUT2D eigenvalue weighted by Crippen LogP contribution is 2.36. The van der Waals surface area contributed by atoms with Crippen molar-refractivity contribution in [1.29, 1.82) is 0 Å². The number of carboxylic acids is 1. The lowest BCUT2D eigenvalue weighted by atomic mass is 9.96. The molecule has 0 aliphatic carbocycles. The second kappa shape index (κ2) is 9.21. The molecule has 186 valence electrons. The molecule has 0 bridgehead atoms. The van der Waals surface area contributed by atoms with Gasteiger partial charge in [-0.2, -0.15) is 13.2 Å². The Morgan fingerprint density at radius 2 is 1.71 bits per heavy atom. The third-order valence-corrected chi connectivity index (χ3v) is 8.35. The molecular formula is C22H21F3N4O5S. The fraction of sp³-hybridized carbons (Fsp3) is 0.318. The zero-order chi connectivity index (χ0) is 25.3. The maximum Gasteiger partial charge on any atom is 0.416 e. The van der Waals surface area contributed by atoms with Crippen molar-refractivity contribution < 1.29 is 36.2 Å². The molecule has 3 heterocycles. The summed E-state index contributed by atoms with van der Waals surface area (Å²) < 4.78 is 69.4. The summed E-state index contributed by atoms with van der Waals surface area (Å²) in [5.74, 6) is -0.676. The molecule has 0 atom stereocenters. The summed E-state index contributed by atoms with van der Waals surface area (Å²) in [6.45, 7) is 0.103. The van der Waals surface area contributed by atoms with Crippen molar-refractivity contribution in [2.45, 2.75) is 23.8 Å². The van der Waals surface area contributed by atoms with Crippen molar-refractivity contribution in [2.75, 3.05) is 24.5 Å². The first-order valence-electron chi connectivity index (χ1n) is 10.5. The van der Waals surface area contributed by atoms with Crippen LogP contribution in [0.15, 0.2) is 66.8 Å². The lowest BCUT2D eigenvalue weighted by molar-refractivity contribution is -0.141. The number of nitrogens with zero attached hydrogens (tertiary/aromatic N) is 4. The Balaban J connectivity index is 1.45. The van der Waals surface area contributed by atoms with Crippen LogP contribution >= 0.6 is 0 Å². The monoisotopic (exact) mass is 510 g/mol. The van der Waals surface area contributed by atoms with E-state index in [1.54, 1.807) is 23.4 Å². The lowest BCUT2D eigenvalue weighted by Crippen LogP contribution is -2.58. The van der Waals surface area contributed by atoms with E-state index in [-0.39, 0.29) is 44.0 Å². The quantitative estimate of drug-likeness (QED) is 0.631. The molecule has 4 rings (SSSR count). The number of benzene rings is 1. The molecule has 0 radical (unpaired) electrons. The highest BCUT2D eigenvalue weighted by Gasteiger charge is 2.55. The van der Waals surface area contributed by atoms with Crippen LogP contribution in [0, 0.1) is 0 Å². The van der Waals surface area contributed by atoms with E-state index >= 15 is 0 Å². The van der Waals surface area contributed by atoms with Gasteiger partial charge in [0.05, 0.1) is 12.1 Å². The summed E-state index contributed by atoms with van der Waals surface area (Å²) in [6.07, 6.45) is 2.24. The number of carbonyl (C=O) groups is 1. The third kappa shape index (κ3) is 4.81. The lowest BCUT2D eigenvalue weighted by Gasteiger charge is -2.40. The van der Waals surface area contributed by atoms with Gasteiger partial charge in [-0.1, -0.05) is 0 Å². The van der Waals surface area contributed by atoms with Gasteiger partial charge in [0.15, 0.2) is 4.75 Å². The van der Waals surface area contributed by atoms with Crippen molar-refractivity contribution in [3.8, 4) is 5.75 Å². The van der Waals surface area contributed by atoms with E-state index in [4.69, 9.17) is 4.74 Å². The van der Waals surface area contributed by atoms with Gasteiger partial charge in [0, 0.05) is 31.7 Å². The molecule has 0 amide bonds. The summed E-state index contributed by atoms with van der Waals surface area (Å²) in [4.78, 5) is 22.2. The molecule has 35 heavy (non-hydrogen) atoms. The van der Waals surface area contributed by atoms with Crippen LogP contribution in [-0.2, 0) is 21.0 Å². The topological polar surface area (TPSA) is 113 Å². The van der Waals surface area contributed by atoms with E-state index in [1.807, 2.05) is 0 Å². The SMILES string of the molecule is O=C(O)C1(S(=O)(=O)N2C=CC(Oc3ccc(C(F)(F)F)cc3)=CC2)CCN(c2ncccn2)CC1. The number of hydrogen-bond acceptors (Lipinski definition) is 7. The Bertz CT molecular complexity index is 1240. The van der Waals surface area contributed by atoms with Crippen molar-refractivity contribution in [1.82, 2.24) is 14.3 Å². The van der Waals surface area contributed by atoms with Crippen molar-refractivity contribution in [2.24, 2.45) is 0 Å². The molecule has 2 aliphatic heterocycles. The standard InChI is InChI=1S/C22H21F3N4O5S/c23-22(24,25)16-2-4-17(5-3-16)34-18-6-12-29(13-7-18)35(32,33)21(19(30)31)8-14-28(15-9-21)20-26-10-1-11-27-20/h1-7,10-12H,8-9,13-15H2,(H,30,31). The van der Waals surface area contributed by atoms with Crippen LogP contribution in [-0.4, -0.2) is 58.1 Å². The summed E-state index contributed by atoms with van der Waals surface area (Å²) in [5.41, 5.74) is -0.820. The van der Waals surface area contributed by atoms with E-state index in [0.717, 1.165) is 28.6 Å². The van der Waals surface area contributed by atoms with Crippen LogP contribution in [0.5, 0.6) is 5.75 Å². The summed E-state index contributed by atoms with van der Waals surface area (Å²) in [5, 5.41) is 9.94. The van der Waals surface area contributed by atoms with Crippen molar-refractivity contribution in [3.63, 3.8) is 0 Å². The van der Waals surface area contributed by atoms with Gasteiger partial charge in [0.1, 0.15) is 11.5 Å². The molecule has 0 spiro atoms. The molecule has 9 nitrogen and oxygen atoms in total. The first kappa shape index (κ1) is 24.5. The summed E-state index contributed by atoms with van der Waals surface area (Å²) in [7, 11) is -4.32. The van der Waals surface area contributed by atoms with Gasteiger partial charge < -0.3 is 14.7 Å². The van der Waals surface area contributed by atoms with E-state index in [2.05, 4.69) is 9.97 Å². The maximum atomic E-state index is 13.4. The predicted molar refractivity (Wildman–Crippen MR) is 119 cm³/mol. The van der Waals surface area contributed by atoms with Gasteiger partial charge in [-0.3, -0.25) is 9.10 Å². The Labute approximate surface area is 199 Å². The average molecular weight is 510 g/mol. The van der Waals surface area contributed by atoms with Gasteiger partial charge >= 0.3 is 12.1 Å². The van der Waals surface area contributed by atoms with E-state index in [0.29, 0.717) is 5.95 Å². The van der Waals surface area contributed by atoms with E-state index in [9.17, 15) is 31.5 Å². The van der Waals surface area contributed by atoms with Crippen LogP contribution in [0.1, 0.15) is 18.4 Å². The maximum absolute atomic E-state index is 13.4. The van der Waals surface area contributed by atoms with Gasteiger partial charge in [-0.05, 0) is 55.3 Å². The molecule has 1 saturated heterocycles. The minimum Gasteiger partial charge on any atom is -0.480 e. The number of carboxylic acid groups (broad SMARTS) is 1. The van der Waals surface area contributed by atoms with Crippen molar-refractivity contribution in [3.05, 3.63) is 72.4 Å². The summed E-state index contributed by atoms with van der Waals surface area (Å²) >= 11 is 0. The van der Waals surface area contributed by atoms with Crippen LogP contribution in [0.3, 0.4) is 0 Å². The van der Waals surface area contributed by atoms with Crippen LogP contribution in [0.2, 0.25) is 0 Å². The Morgan fingerprint density at radius 1 is 1.09 bits per heavy atom. The fourth-order valence-electron chi connectivity index (χ4n) is 3.90. The normalized spacial score (nSPS) is 18.2. The third-order valence-electron chi connectivity index (χ3n) is 5.89. The number of aromatic nitrogens is 2. The molecule has 2 aliphatic rings. The van der Waals surface area contributed by atoms with Gasteiger partial charge in [-0.15, -0.1) is 0 Å². The number of piperidine rings is 1. The molecule has 13 heteroatoms. The number of anilines is 1. The largest absolute Gasteiger partial charge is 0.480 e. The Morgan fingerprint density at radius 3 is 2.23 bits per heavy atom. The zero-order valence-electron chi connectivity index (χ0n) is 18.2. The van der Waals surface area contributed by atoms with Crippen LogP contribution in [0.25, 0.3) is 0 Å². The minimum atomic E-state index is -4.47. The molecule has 0 unspecified atom stereocenters. The van der Waals surface area contributed by atoms with Crippen LogP contribution < -0.4 is 9.64 Å². The summed E-state index contributed by atoms with van der Waals surface area (Å²) in [6, 6.07) is 5.71. The highest BCUT2D eigenvalue weighted by molar-refractivity contribution is 7.91. The minimum absolute atomic E-state index is 0.141. The number of allylic oxidation sites excluding steroid dienone is 1. The molecule has 0 saturated carbocycles. The first-order chi connectivity index (χ1) is 16.5. The molecule has 2 aromatic rings. The zero-order valence-corrected chi connectivity index (χ0v) is 19.0. The molecule has 1 fully saturated rings. The Hall–Kier alpha value is -3.61. The average Bonchev–Trinajstić information content (AvgIpc) is 2.84. The second-order valence-corrected chi connectivity index (χ2v) is 10.2. The van der Waals surface area contributed by atoms with Crippen LogP contribution in [0.4, 0.5) is 19.1 Å². The Kier molecular flexibility index (Phi) is 6.45. The highest BCUT2D eigenvalue weighted by atomic mass is 32.2. The smallest absolute Gasteiger partial charge is 0.416 e. The van der Waals surface area contributed by atoms with Gasteiger partial charge in [0.25, 0.3) is 10.0 Å². The second-order valence-electron chi connectivity index (χ2n) is 7.96. The number of ether oxygens (including phenoxy) is 1. The number of alkyl halides is 3. The molecular weight excluding hydrogens is 489 g/mol. The molecule has 1 aromatic carbocycles. The number of halogens is 3.